The fourth-order valence-corrected chi connectivity index (χ4v) is 2.45. The fraction of sp³-hybridized carbons (Fsp3) is 0.154. The predicted octanol–water partition coefficient (Wildman–Crippen LogP) is 4.07. The Hall–Kier alpha value is -1.48. The van der Waals surface area contributed by atoms with Gasteiger partial charge in [0.05, 0.1) is 4.88 Å². The fourth-order valence-electron chi connectivity index (χ4n) is 1.56. The van der Waals surface area contributed by atoms with E-state index < -0.39 is 0 Å². The van der Waals surface area contributed by atoms with Gasteiger partial charge in [0.15, 0.2) is 5.78 Å². The summed E-state index contributed by atoms with van der Waals surface area (Å²) in [5.41, 5.74) is 1.71. The second kappa shape index (κ2) is 4.18. The summed E-state index contributed by atoms with van der Waals surface area (Å²) < 4.78 is 13.2. The molecule has 3 heteroatoms. The number of hydrogen-bond donors (Lipinski definition) is 0. The minimum absolute atomic E-state index is 0.0457. The molecule has 1 nitrogen and oxygen atoms in total. The standard InChI is InChI=1S/C13H11FOS/c1-8-5-10(7-11(14)6-8)13-4-3-12(16-13)9(2)15/h3-7H,1-2H3. The Morgan fingerprint density at radius 2 is 2.00 bits per heavy atom. The number of thiophene rings is 1. The first-order valence-corrected chi connectivity index (χ1v) is 5.76. The van der Waals surface area contributed by atoms with E-state index in [2.05, 4.69) is 0 Å². The third-order valence-electron chi connectivity index (χ3n) is 2.28. The van der Waals surface area contributed by atoms with Crippen molar-refractivity contribution in [3.05, 3.63) is 46.6 Å². The molecule has 1 aromatic heterocycles. The summed E-state index contributed by atoms with van der Waals surface area (Å²) in [5.74, 6) is -0.197. The van der Waals surface area contributed by atoms with Gasteiger partial charge in [-0.2, -0.15) is 0 Å². The first kappa shape index (κ1) is 11.0. The summed E-state index contributed by atoms with van der Waals surface area (Å²) >= 11 is 1.40. The van der Waals surface area contributed by atoms with Gasteiger partial charge in [-0.1, -0.05) is 6.07 Å². The van der Waals surface area contributed by atoms with E-state index in [9.17, 15) is 9.18 Å². The second-order valence-corrected chi connectivity index (χ2v) is 4.82. The Bertz CT molecular complexity index is 522. The number of hydrogen-bond acceptors (Lipinski definition) is 2. The van der Waals surface area contributed by atoms with Gasteiger partial charge in [0.25, 0.3) is 0 Å². The zero-order valence-corrected chi connectivity index (χ0v) is 9.90. The van der Waals surface area contributed by atoms with Crippen molar-refractivity contribution >= 4 is 17.1 Å². The minimum Gasteiger partial charge on any atom is -0.294 e. The van der Waals surface area contributed by atoms with Gasteiger partial charge in [0.2, 0.25) is 0 Å². The molecular formula is C13H11FOS. The van der Waals surface area contributed by atoms with Crippen molar-refractivity contribution in [1.29, 1.82) is 0 Å². The zero-order valence-electron chi connectivity index (χ0n) is 9.08. The second-order valence-electron chi connectivity index (χ2n) is 3.74. The smallest absolute Gasteiger partial charge is 0.169 e. The summed E-state index contributed by atoms with van der Waals surface area (Å²) in [6, 6.07) is 8.53. The Kier molecular flexibility index (Phi) is 2.88. The van der Waals surface area contributed by atoms with Crippen LogP contribution < -0.4 is 0 Å². The van der Waals surface area contributed by atoms with E-state index in [0.717, 1.165) is 16.0 Å². The van der Waals surface area contributed by atoms with Gasteiger partial charge < -0.3 is 0 Å². The third kappa shape index (κ3) is 2.19. The lowest BCUT2D eigenvalue weighted by Gasteiger charge is -2.00. The molecule has 0 aliphatic rings. The maximum atomic E-state index is 13.2. The summed E-state index contributed by atoms with van der Waals surface area (Å²) in [6.45, 7) is 3.39. The molecule has 2 rings (SSSR count). The molecule has 0 spiro atoms. The molecule has 0 aliphatic heterocycles. The van der Waals surface area contributed by atoms with Gasteiger partial charge in [0, 0.05) is 4.88 Å². The predicted molar refractivity (Wildman–Crippen MR) is 64.5 cm³/mol. The Balaban J connectivity index is 2.46. The van der Waals surface area contributed by atoms with Crippen molar-refractivity contribution in [3.8, 4) is 10.4 Å². The first-order valence-electron chi connectivity index (χ1n) is 4.94. The van der Waals surface area contributed by atoms with E-state index in [0.29, 0.717) is 4.88 Å². The number of carbonyl (C=O) groups excluding carboxylic acids is 1. The quantitative estimate of drug-likeness (QED) is 0.716. The highest BCUT2D eigenvalue weighted by atomic mass is 32.1. The molecule has 0 amide bonds. The normalized spacial score (nSPS) is 10.4. The molecule has 0 atom stereocenters. The lowest BCUT2D eigenvalue weighted by molar-refractivity contribution is 0.102. The number of benzene rings is 1. The molecule has 0 saturated carbocycles. The molecule has 0 unspecified atom stereocenters. The largest absolute Gasteiger partial charge is 0.294 e. The van der Waals surface area contributed by atoms with Crippen LogP contribution in [-0.4, -0.2) is 5.78 Å². The van der Waals surface area contributed by atoms with Crippen LogP contribution in [0.4, 0.5) is 4.39 Å². The van der Waals surface area contributed by atoms with E-state index in [1.807, 2.05) is 19.1 Å². The maximum absolute atomic E-state index is 13.2. The minimum atomic E-state index is -0.243. The van der Waals surface area contributed by atoms with Crippen molar-refractivity contribution in [3.63, 3.8) is 0 Å². The Morgan fingerprint density at radius 3 is 2.56 bits per heavy atom. The van der Waals surface area contributed by atoms with Crippen LogP contribution in [0, 0.1) is 12.7 Å². The number of rotatable bonds is 2. The molecular weight excluding hydrogens is 223 g/mol. The SMILES string of the molecule is CC(=O)c1ccc(-c2cc(C)cc(F)c2)s1. The van der Waals surface area contributed by atoms with Crippen LogP contribution >= 0.6 is 11.3 Å². The lowest BCUT2D eigenvalue weighted by atomic mass is 10.1. The lowest BCUT2D eigenvalue weighted by Crippen LogP contribution is -1.83. The van der Waals surface area contributed by atoms with Crippen LogP contribution in [0.15, 0.2) is 30.3 Å². The molecule has 1 heterocycles. The van der Waals surface area contributed by atoms with E-state index >= 15 is 0 Å². The van der Waals surface area contributed by atoms with Gasteiger partial charge in [-0.15, -0.1) is 11.3 Å². The van der Waals surface area contributed by atoms with Crippen molar-refractivity contribution in [2.24, 2.45) is 0 Å². The summed E-state index contributed by atoms with van der Waals surface area (Å²) in [4.78, 5) is 12.8. The van der Waals surface area contributed by atoms with Crippen molar-refractivity contribution in [2.45, 2.75) is 13.8 Å². The average molecular weight is 234 g/mol. The molecule has 16 heavy (non-hydrogen) atoms. The summed E-state index contributed by atoms with van der Waals surface area (Å²) in [6.07, 6.45) is 0. The highest BCUT2D eigenvalue weighted by Crippen LogP contribution is 2.29. The van der Waals surface area contributed by atoms with Crippen LogP contribution in [0.1, 0.15) is 22.2 Å². The average Bonchev–Trinajstić information content (AvgIpc) is 2.64. The molecule has 1 aromatic carbocycles. The van der Waals surface area contributed by atoms with E-state index in [-0.39, 0.29) is 11.6 Å². The van der Waals surface area contributed by atoms with Gasteiger partial charge in [0.1, 0.15) is 5.82 Å². The molecule has 82 valence electrons. The molecule has 2 aromatic rings. The van der Waals surface area contributed by atoms with E-state index in [1.54, 1.807) is 6.07 Å². The van der Waals surface area contributed by atoms with Gasteiger partial charge in [-0.3, -0.25) is 4.79 Å². The number of aryl methyl sites for hydroxylation is 1. The molecule has 0 saturated heterocycles. The van der Waals surface area contributed by atoms with Crippen molar-refractivity contribution in [1.82, 2.24) is 0 Å². The Morgan fingerprint density at radius 1 is 1.25 bits per heavy atom. The third-order valence-corrected chi connectivity index (χ3v) is 3.51. The first-order chi connectivity index (χ1) is 7.56. The molecule has 0 fully saturated rings. The van der Waals surface area contributed by atoms with Gasteiger partial charge >= 0.3 is 0 Å². The van der Waals surface area contributed by atoms with E-state index in [4.69, 9.17) is 0 Å². The summed E-state index contributed by atoms with van der Waals surface area (Å²) in [5, 5.41) is 0. The summed E-state index contributed by atoms with van der Waals surface area (Å²) in [7, 11) is 0. The molecule has 0 bridgehead atoms. The zero-order chi connectivity index (χ0) is 11.7. The number of ketones is 1. The molecule has 0 aliphatic carbocycles. The highest BCUT2D eigenvalue weighted by Gasteiger charge is 2.07. The van der Waals surface area contributed by atoms with Crippen molar-refractivity contribution in [2.75, 3.05) is 0 Å². The number of halogens is 1. The van der Waals surface area contributed by atoms with Crippen LogP contribution in [0.25, 0.3) is 10.4 Å². The van der Waals surface area contributed by atoms with Crippen LogP contribution in [-0.2, 0) is 0 Å². The monoisotopic (exact) mass is 234 g/mol. The molecule has 0 N–H and O–H groups in total. The maximum Gasteiger partial charge on any atom is 0.169 e. The number of Topliss-reactive ketones (excluding diaryl/α,β-unsaturated/α-hetero) is 1. The van der Waals surface area contributed by atoms with Gasteiger partial charge in [-0.05, 0) is 49.2 Å². The van der Waals surface area contributed by atoms with Crippen LogP contribution in [0.5, 0.6) is 0 Å². The molecule has 0 radical (unpaired) electrons. The topological polar surface area (TPSA) is 17.1 Å². The Labute approximate surface area is 97.6 Å². The highest BCUT2D eigenvalue weighted by molar-refractivity contribution is 7.17. The van der Waals surface area contributed by atoms with E-state index in [1.165, 1.54) is 30.4 Å². The van der Waals surface area contributed by atoms with Crippen LogP contribution in [0.2, 0.25) is 0 Å². The van der Waals surface area contributed by atoms with Crippen molar-refractivity contribution < 1.29 is 9.18 Å². The number of carbonyl (C=O) groups is 1. The van der Waals surface area contributed by atoms with Crippen LogP contribution in [0.3, 0.4) is 0 Å². The van der Waals surface area contributed by atoms with Gasteiger partial charge in [-0.25, -0.2) is 4.39 Å².